The van der Waals surface area contributed by atoms with Crippen LogP contribution in [0.4, 0.5) is 0 Å². The lowest BCUT2D eigenvalue weighted by molar-refractivity contribution is -0.118. The zero-order chi connectivity index (χ0) is 21.6. The Balaban J connectivity index is 1.22. The molecule has 3 heterocycles. The normalized spacial score (nSPS) is 27.9. The smallest absolute Gasteiger partial charge is 0.267 e. The van der Waals surface area contributed by atoms with Crippen molar-refractivity contribution in [2.75, 3.05) is 59.5 Å². The van der Waals surface area contributed by atoms with E-state index in [9.17, 15) is 4.79 Å². The van der Waals surface area contributed by atoms with Crippen LogP contribution in [0, 0.1) is 5.92 Å². The molecule has 0 spiro atoms. The number of nitrogens with one attached hydrogen (secondary N) is 2. The molecule has 7 nitrogen and oxygen atoms in total. The molecule has 1 aliphatic carbocycles. The minimum absolute atomic E-state index is 0.0344. The van der Waals surface area contributed by atoms with E-state index in [1.54, 1.807) is 7.11 Å². The molecule has 174 valence electrons. The summed E-state index contributed by atoms with van der Waals surface area (Å²) in [7, 11) is 1.79. The number of carbonyl (C=O) groups excluding carboxylic acids is 1. The maximum Gasteiger partial charge on any atom is 0.267 e. The van der Waals surface area contributed by atoms with Crippen LogP contribution in [0.2, 0.25) is 0 Å². The summed E-state index contributed by atoms with van der Waals surface area (Å²) in [5.41, 5.74) is 0.701. The lowest BCUT2D eigenvalue weighted by atomic mass is 10.0. The van der Waals surface area contributed by atoms with Crippen LogP contribution >= 0.6 is 0 Å². The number of methoxy groups -OCH3 is 1. The van der Waals surface area contributed by atoms with Crippen LogP contribution in [0.1, 0.15) is 39.0 Å². The third-order valence-corrected chi connectivity index (χ3v) is 7.36. The van der Waals surface area contributed by atoms with Gasteiger partial charge in [0.05, 0.1) is 12.8 Å². The molecule has 2 atom stereocenters. The molecule has 2 saturated heterocycles. The molecule has 0 bridgehead atoms. The van der Waals surface area contributed by atoms with Gasteiger partial charge in [0.15, 0.2) is 0 Å². The number of carbonyl (C=O) groups is 1. The van der Waals surface area contributed by atoms with Gasteiger partial charge in [-0.05, 0) is 76.7 Å². The predicted molar refractivity (Wildman–Crippen MR) is 124 cm³/mol. The van der Waals surface area contributed by atoms with E-state index in [1.165, 1.54) is 51.7 Å². The summed E-state index contributed by atoms with van der Waals surface area (Å²) in [5.74, 6) is 0.735. The molecule has 1 amide bonds. The third-order valence-electron chi connectivity index (χ3n) is 7.36. The molecule has 4 aliphatic rings. The van der Waals surface area contributed by atoms with Crippen LogP contribution in [0.3, 0.4) is 0 Å². The number of amides is 1. The average molecular weight is 432 g/mol. The number of hydrogen-bond acceptors (Lipinski definition) is 6. The standard InChI is InChI=1S/C24H41N5O2/c1-19(18-31-2)27-13-9-21(10-14-27)28-11-4-12-29(16-15-28)23-6-3-5-22(26-23)24(30)25-17-20-7-8-20/h3,5-6,19-21,23,26H,4,7-18H2,1-2H3,(H,25,30). The Hall–Kier alpha value is -1.41. The Kier molecular flexibility index (Phi) is 8.04. The van der Waals surface area contributed by atoms with E-state index in [0.29, 0.717) is 23.7 Å². The molecule has 7 heteroatoms. The number of allylic oxidation sites excluding steroid dienone is 2. The number of likely N-dealkylation sites (tertiary alicyclic amines) is 1. The second-order valence-electron chi connectivity index (χ2n) is 9.70. The lowest BCUT2D eigenvalue weighted by Gasteiger charge is -2.40. The van der Waals surface area contributed by atoms with E-state index in [0.717, 1.165) is 32.8 Å². The van der Waals surface area contributed by atoms with Gasteiger partial charge in [-0.1, -0.05) is 6.08 Å². The van der Waals surface area contributed by atoms with Crippen LogP contribution in [0.25, 0.3) is 0 Å². The average Bonchev–Trinajstić information content (AvgIpc) is 3.64. The van der Waals surface area contributed by atoms with E-state index in [4.69, 9.17) is 4.74 Å². The van der Waals surface area contributed by atoms with Crippen molar-refractivity contribution in [3.63, 3.8) is 0 Å². The van der Waals surface area contributed by atoms with Crippen LogP contribution in [0.15, 0.2) is 23.9 Å². The first kappa shape index (κ1) is 22.8. The minimum atomic E-state index is 0.0344. The molecule has 3 aliphatic heterocycles. The highest BCUT2D eigenvalue weighted by Gasteiger charge is 2.30. The van der Waals surface area contributed by atoms with Crippen molar-refractivity contribution in [2.45, 2.75) is 57.3 Å². The summed E-state index contributed by atoms with van der Waals surface area (Å²) in [4.78, 5) is 20.3. The maximum absolute atomic E-state index is 12.5. The van der Waals surface area contributed by atoms with Gasteiger partial charge in [0.25, 0.3) is 5.91 Å². The Morgan fingerprint density at radius 3 is 2.61 bits per heavy atom. The van der Waals surface area contributed by atoms with E-state index in [2.05, 4.69) is 38.3 Å². The summed E-state index contributed by atoms with van der Waals surface area (Å²) in [6.07, 6.45) is 12.4. The van der Waals surface area contributed by atoms with E-state index >= 15 is 0 Å². The van der Waals surface area contributed by atoms with Crippen molar-refractivity contribution in [1.29, 1.82) is 0 Å². The van der Waals surface area contributed by atoms with Crippen molar-refractivity contribution in [3.05, 3.63) is 23.9 Å². The van der Waals surface area contributed by atoms with Crippen molar-refractivity contribution in [1.82, 2.24) is 25.3 Å². The Morgan fingerprint density at radius 2 is 1.87 bits per heavy atom. The molecule has 0 aromatic rings. The Bertz CT molecular complexity index is 654. The molecule has 1 saturated carbocycles. The predicted octanol–water partition coefficient (Wildman–Crippen LogP) is 1.39. The summed E-state index contributed by atoms with van der Waals surface area (Å²) >= 11 is 0. The number of piperidine rings is 1. The largest absolute Gasteiger partial charge is 0.383 e. The topological polar surface area (TPSA) is 60.1 Å². The fourth-order valence-electron chi connectivity index (χ4n) is 5.16. The van der Waals surface area contributed by atoms with Gasteiger partial charge in [0, 0.05) is 45.4 Å². The molecule has 31 heavy (non-hydrogen) atoms. The fraction of sp³-hybridized carbons (Fsp3) is 0.792. The summed E-state index contributed by atoms with van der Waals surface area (Å²) in [5, 5.41) is 6.55. The van der Waals surface area contributed by atoms with E-state index in [1.807, 2.05) is 12.2 Å². The summed E-state index contributed by atoms with van der Waals surface area (Å²) in [6, 6.07) is 1.21. The zero-order valence-electron chi connectivity index (χ0n) is 19.4. The number of rotatable bonds is 8. The van der Waals surface area contributed by atoms with Gasteiger partial charge in [-0.2, -0.15) is 0 Å². The van der Waals surface area contributed by atoms with Gasteiger partial charge >= 0.3 is 0 Å². The van der Waals surface area contributed by atoms with Crippen LogP contribution in [-0.4, -0.2) is 98.4 Å². The molecule has 0 aromatic heterocycles. The molecule has 0 aromatic carbocycles. The monoisotopic (exact) mass is 431 g/mol. The lowest BCUT2D eigenvalue weighted by Crippen LogP contribution is -2.50. The first-order valence-corrected chi connectivity index (χ1v) is 12.3. The van der Waals surface area contributed by atoms with Gasteiger partial charge < -0.3 is 15.4 Å². The van der Waals surface area contributed by atoms with Crippen molar-refractivity contribution in [2.24, 2.45) is 5.92 Å². The number of dihydropyridines is 1. The number of nitrogens with zero attached hydrogens (tertiary/aromatic N) is 3. The van der Waals surface area contributed by atoms with Gasteiger partial charge in [-0.3, -0.25) is 19.5 Å². The van der Waals surface area contributed by atoms with Crippen molar-refractivity contribution >= 4 is 5.91 Å². The molecule has 2 unspecified atom stereocenters. The van der Waals surface area contributed by atoms with Crippen LogP contribution in [-0.2, 0) is 9.53 Å². The highest BCUT2D eigenvalue weighted by molar-refractivity contribution is 5.93. The van der Waals surface area contributed by atoms with Crippen molar-refractivity contribution < 1.29 is 9.53 Å². The third kappa shape index (κ3) is 6.31. The van der Waals surface area contributed by atoms with Gasteiger partial charge in [-0.25, -0.2) is 0 Å². The first-order chi connectivity index (χ1) is 15.1. The summed E-state index contributed by atoms with van der Waals surface area (Å²) < 4.78 is 5.34. The quantitative estimate of drug-likeness (QED) is 0.606. The van der Waals surface area contributed by atoms with Crippen molar-refractivity contribution in [3.8, 4) is 0 Å². The van der Waals surface area contributed by atoms with Gasteiger partial charge in [-0.15, -0.1) is 0 Å². The Morgan fingerprint density at radius 1 is 1.13 bits per heavy atom. The van der Waals surface area contributed by atoms with Gasteiger partial charge in [0.2, 0.25) is 0 Å². The summed E-state index contributed by atoms with van der Waals surface area (Å²) in [6.45, 7) is 10.6. The van der Waals surface area contributed by atoms with E-state index < -0.39 is 0 Å². The molecular weight excluding hydrogens is 390 g/mol. The number of ether oxygens (including phenoxy) is 1. The fourth-order valence-corrected chi connectivity index (χ4v) is 5.16. The second kappa shape index (κ2) is 10.9. The van der Waals surface area contributed by atoms with E-state index in [-0.39, 0.29) is 12.1 Å². The highest BCUT2D eigenvalue weighted by Crippen LogP contribution is 2.27. The Labute approximate surface area is 187 Å². The molecule has 3 fully saturated rings. The zero-order valence-corrected chi connectivity index (χ0v) is 19.4. The first-order valence-electron chi connectivity index (χ1n) is 12.3. The second-order valence-corrected chi connectivity index (χ2v) is 9.70. The van der Waals surface area contributed by atoms with Crippen LogP contribution < -0.4 is 10.6 Å². The maximum atomic E-state index is 12.5. The molecule has 2 N–H and O–H groups in total. The van der Waals surface area contributed by atoms with Gasteiger partial charge in [0.1, 0.15) is 5.70 Å². The minimum Gasteiger partial charge on any atom is -0.383 e. The molecule has 0 radical (unpaired) electrons. The molecular formula is C24H41N5O2. The molecule has 4 rings (SSSR count). The SMILES string of the molecule is COCC(C)N1CCC(N2CCCN(C3C=CC=C(C(=O)NCC4CC4)N3)CC2)CC1. The highest BCUT2D eigenvalue weighted by atomic mass is 16.5. The number of hydrogen-bond donors (Lipinski definition) is 2. The van der Waals surface area contributed by atoms with Crippen LogP contribution in [0.5, 0.6) is 0 Å².